The smallest absolute Gasteiger partial charge is 0.220 e. The third-order valence-electron chi connectivity index (χ3n) is 4.94. The van der Waals surface area contributed by atoms with Crippen molar-refractivity contribution >= 4 is 5.91 Å². The zero-order valence-electron chi connectivity index (χ0n) is 15.8. The monoisotopic (exact) mass is 348 g/mol. The summed E-state index contributed by atoms with van der Waals surface area (Å²) in [7, 11) is 1.66. The SMILES string of the molecule is COCCOc1cc(C)ccc1CNC(=O)CC(C)C1CCNCC1. The van der Waals surface area contributed by atoms with Crippen molar-refractivity contribution in [1.29, 1.82) is 0 Å². The summed E-state index contributed by atoms with van der Waals surface area (Å²) in [4.78, 5) is 12.3. The van der Waals surface area contributed by atoms with Crippen LogP contribution in [-0.2, 0) is 16.1 Å². The average molecular weight is 348 g/mol. The summed E-state index contributed by atoms with van der Waals surface area (Å²) in [6, 6.07) is 6.07. The highest BCUT2D eigenvalue weighted by atomic mass is 16.5. The molecule has 5 heteroatoms. The highest BCUT2D eigenvalue weighted by Gasteiger charge is 2.22. The van der Waals surface area contributed by atoms with E-state index in [4.69, 9.17) is 9.47 Å². The van der Waals surface area contributed by atoms with E-state index in [0.717, 1.165) is 30.0 Å². The van der Waals surface area contributed by atoms with Gasteiger partial charge < -0.3 is 20.1 Å². The van der Waals surface area contributed by atoms with Gasteiger partial charge in [-0.15, -0.1) is 0 Å². The predicted octanol–water partition coefficient (Wildman–Crippen LogP) is 2.66. The van der Waals surface area contributed by atoms with Crippen LogP contribution in [0.4, 0.5) is 0 Å². The van der Waals surface area contributed by atoms with Crippen molar-refractivity contribution in [2.24, 2.45) is 11.8 Å². The summed E-state index contributed by atoms with van der Waals surface area (Å²) in [5.41, 5.74) is 2.14. The first-order chi connectivity index (χ1) is 12.1. The van der Waals surface area contributed by atoms with E-state index in [-0.39, 0.29) is 5.91 Å². The molecule has 0 radical (unpaired) electrons. The number of nitrogens with one attached hydrogen (secondary N) is 2. The topological polar surface area (TPSA) is 59.6 Å². The van der Waals surface area contributed by atoms with Gasteiger partial charge in [-0.05, 0) is 56.3 Å². The van der Waals surface area contributed by atoms with E-state index in [1.54, 1.807) is 7.11 Å². The Balaban J connectivity index is 1.83. The van der Waals surface area contributed by atoms with Crippen LogP contribution in [0.25, 0.3) is 0 Å². The van der Waals surface area contributed by atoms with E-state index in [1.807, 2.05) is 25.1 Å². The number of hydrogen-bond donors (Lipinski definition) is 2. The van der Waals surface area contributed by atoms with Crippen LogP contribution >= 0.6 is 0 Å². The third kappa shape index (κ3) is 6.67. The Hall–Kier alpha value is -1.59. The molecule has 5 nitrogen and oxygen atoms in total. The molecular formula is C20H32N2O3. The number of rotatable bonds is 9. The minimum absolute atomic E-state index is 0.120. The van der Waals surface area contributed by atoms with Gasteiger partial charge in [-0.25, -0.2) is 0 Å². The van der Waals surface area contributed by atoms with Crippen molar-refractivity contribution in [3.63, 3.8) is 0 Å². The minimum Gasteiger partial charge on any atom is -0.491 e. The van der Waals surface area contributed by atoms with Gasteiger partial charge in [-0.1, -0.05) is 19.1 Å². The summed E-state index contributed by atoms with van der Waals surface area (Å²) >= 11 is 0. The second kappa shape index (κ2) is 10.4. The maximum absolute atomic E-state index is 12.3. The van der Waals surface area contributed by atoms with Crippen molar-refractivity contribution < 1.29 is 14.3 Å². The van der Waals surface area contributed by atoms with Crippen molar-refractivity contribution in [3.05, 3.63) is 29.3 Å². The van der Waals surface area contributed by atoms with Crippen LogP contribution in [0.3, 0.4) is 0 Å². The second-order valence-corrected chi connectivity index (χ2v) is 7.00. The van der Waals surface area contributed by atoms with Gasteiger partial charge in [-0.2, -0.15) is 0 Å². The van der Waals surface area contributed by atoms with Gasteiger partial charge in [0.05, 0.1) is 6.61 Å². The number of hydrogen-bond acceptors (Lipinski definition) is 4. The molecule has 0 aromatic heterocycles. The lowest BCUT2D eigenvalue weighted by molar-refractivity contribution is -0.122. The molecule has 25 heavy (non-hydrogen) atoms. The molecule has 0 aliphatic carbocycles. The summed E-state index contributed by atoms with van der Waals surface area (Å²) in [5.74, 6) is 2.02. The Bertz CT molecular complexity index is 542. The number of methoxy groups -OCH3 is 1. The van der Waals surface area contributed by atoms with E-state index in [1.165, 1.54) is 12.8 Å². The van der Waals surface area contributed by atoms with E-state index >= 15 is 0 Å². The highest BCUT2D eigenvalue weighted by molar-refractivity contribution is 5.76. The van der Waals surface area contributed by atoms with Crippen molar-refractivity contribution in [3.8, 4) is 5.75 Å². The summed E-state index contributed by atoms with van der Waals surface area (Å²) in [6.45, 7) is 7.93. The number of carbonyl (C=O) groups excluding carboxylic acids is 1. The molecule has 1 fully saturated rings. The molecule has 1 saturated heterocycles. The fourth-order valence-corrected chi connectivity index (χ4v) is 3.32. The Morgan fingerprint density at radius 3 is 2.80 bits per heavy atom. The average Bonchev–Trinajstić information content (AvgIpc) is 2.62. The lowest BCUT2D eigenvalue weighted by atomic mass is 9.84. The molecule has 0 spiro atoms. The molecule has 1 heterocycles. The number of amides is 1. The van der Waals surface area contributed by atoms with Crippen LogP contribution < -0.4 is 15.4 Å². The van der Waals surface area contributed by atoms with Gasteiger partial charge in [0, 0.05) is 25.6 Å². The lowest BCUT2D eigenvalue weighted by Crippen LogP contribution is -2.33. The van der Waals surface area contributed by atoms with Gasteiger partial charge in [-0.3, -0.25) is 4.79 Å². The Labute approximate surface area is 151 Å². The van der Waals surface area contributed by atoms with Gasteiger partial charge in [0.25, 0.3) is 0 Å². The highest BCUT2D eigenvalue weighted by Crippen LogP contribution is 2.24. The van der Waals surface area contributed by atoms with E-state index in [0.29, 0.717) is 38.0 Å². The Morgan fingerprint density at radius 1 is 1.32 bits per heavy atom. The largest absolute Gasteiger partial charge is 0.491 e. The van der Waals surface area contributed by atoms with Crippen LogP contribution in [-0.4, -0.2) is 39.3 Å². The molecular weight excluding hydrogens is 316 g/mol. The first-order valence-corrected chi connectivity index (χ1v) is 9.29. The van der Waals surface area contributed by atoms with Crippen LogP contribution in [0.2, 0.25) is 0 Å². The maximum Gasteiger partial charge on any atom is 0.220 e. The molecule has 2 N–H and O–H groups in total. The van der Waals surface area contributed by atoms with Crippen molar-refractivity contribution in [2.45, 2.75) is 39.7 Å². The molecule has 1 amide bonds. The first-order valence-electron chi connectivity index (χ1n) is 9.29. The zero-order chi connectivity index (χ0) is 18.1. The summed E-state index contributed by atoms with van der Waals surface area (Å²) in [5, 5.41) is 6.43. The normalized spacial score (nSPS) is 16.4. The van der Waals surface area contributed by atoms with Crippen molar-refractivity contribution in [1.82, 2.24) is 10.6 Å². The minimum atomic E-state index is 0.120. The molecule has 1 unspecified atom stereocenters. The number of piperidine rings is 1. The molecule has 0 bridgehead atoms. The Morgan fingerprint density at radius 2 is 2.08 bits per heavy atom. The predicted molar refractivity (Wildman–Crippen MR) is 99.8 cm³/mol. The first kappa shape index (κ1) is 19.7. The van der Waals surface area contributed by atoms with Gasteiger partial charge in [0.15, 0.2) is 0 Å². The Kier molecular flexibility index (Phi) is 8.22. The van der Waals surface area contributed by atoms with Crippen LogP contribution in [0.15, 0.2) is 18.2 Å². The molecule has 1 aliphatic heterocycles. The number of benzene rings is 1. The zero-order valence-corrected chi connectivity index (χ0v) is 15.8. The quantitative estimate of drug-likeness (QED) is 0.674. The van der Waals surface area contributed by atoms with Gasteiger partial charge >= 0.3 is 0 Å². The molecule has 0 saturated carbocycles. The fraction of sp³-hybridized carbons (Fsp3) is 0.650. The molecule has 140 valence electrons. The van der Waals surface area contributed by atoms with E-state index in [2.05, 4.69) is 17.6 Å². The summed E-state index contributed by atoms with van der Waals surface area (Å²) < 4.78 is 10.8. The molecule has 1 aliphatic rings. The van der Waals surface area contributed by atoms with Crippen LogP contribution in [0.5, 0.6) is 5.75 Å². The van der Waals surface area contributed by atoms with E-state index < -0.39 is 0 Å². The number of aryl methyl sites for hydroxylation is 1. The third-order valence-corrected chi connectivity index (χ3v) is 4.94. The maximum atomic E-state index is 12.3. The van der Waals surface area contributed by atoms with Crippen LogP contribution in [0.1, 0.15) is 37.3 Å². The van der Waals surface area contributed by atoms with Crippen molar-refractivity contribution in [2.75, 3.05) is 33.4 Å². The summed E-state index contributed by atoms with van der Waals surface area (Å²) in [6.07, 6.45) is 2.93. The molecule has 1 aromatic rings. The number of ether oxygens (including phenoxy) is 2. The van der Waals surface area contributed by atoms with Crippen LogP contribution in [0, 0.1) is 18.8 Å². The second-order valence-electron chi connectivity index (χ2n) is 7.00. The van der Waals surface area contributed by atoms with E-state index in [9.17, 15) is 4.79 Å². The molecule has 2 rings (SSSR count). The molecule has 1 aromatic carbocycles. The van der Waals surface area contributed by atoms with Gasteiger partial charge in [0.2, 0.25) is 5.91 Å². The lowest BCUT2D eigenvalue weighted by Gasteiger charge is -2.27. The van der Waals surface area contributed by atoms with Gasteiger partial charge in [0.1, 0.15) is 12.4 Å². The fourth-order valence-electron chi connectivity index (χ4n) is 3.32. The molecule has 1 atom stereocenters. The number of carbonyl (C=O) groups is 1. The standard InChI is InChI=1S/C20H32N2O3/c1-15-4-5-18(19(12-15)25-11-10-24-3)14-22-20(23)13-16(2)17-6-8-21-9-7-17/h4-5,12,16-17,21H,6-11,13-14H2,1-3H3,(H,22,23).